The fraction of sp³-hybridized carbons (Fsp3) is 0. The number of carboxylic acid groups (broad SMARTS) is 1. The fourth-order valence-corrected chi connectivity index (χ4v) is 2.13. The van der Waals surface area contributed by atoms with Crippen LogP contribution in [-0.2, 0) is 4.79 Å². The molecule has 0 aliphatic carbocycles. The molecular formula is C5H5AsO3. The zero-order valence-corrected chi connectivity index (χ0v) is 6.56. The first-order valence-electron chi connectivity index (χ1n) is 2.31. The Labute approximate surface area is 58.4 Å². The van der Waals surface area contributed by atoms with Crippen LogP contribution < -0.4 is 0 Å². The molecule has 0 aromatic carbocycles. The Bertz CT molecular complexity index is 204. The molecular weight excluding hydrogens is 183 g/mol. The van der Waals surface area contributed by atoms with Crippen LogP contribution in [-0.4, -0.2) is 31.9 Å². The zero-order chi connectivity index (χ0) is 6.85. The topological polar surface area (TPSA) is 57.5 Å². The first-order chi connectivity index (χ1) is 4.22. The first-order valence-corrected chi connectivity index (χ1v) is 4.57. The van der Waals surface area contributed by atoms with E-state index in [2.05, 4.69) is 0 Å². The average Bonchev–Trinajstić information content (AvgIpc) is 2.13. The molecule has 1 rings (SSSR count). The molecule has 0 fully saturated rings. The number of carbonyl (C=O) groups is 1. The van der Waals surface area contributed by atoms with Crippen molar-refractivity contribution in [3.63, 3.8) is 0 Å². The molecule has 1 aliphatic heterocycles. The summed E-state index contributed by atoms with van der Waals surface area (Å²) in [6, 6.07) is 0. The van der Waals surface area contributed by atoms with E-state index in [1.165, 1.54) is 6.08 Å². The van der Waals surface area contributed by atoms with E-state index in [9.17, 15) is 4.79 Å². The fourth-order valence-electron chi connectivity index (χ4n) is 0.533. The van der Waals surface area contributed by atoms with Crippen LogP contribution in [0.3, 0.4) is 0 Å². The maximum atomic E-state index is 10.2. The molecule has 9 heavy (non-hydrogen) atoms. The molecule has 0 aromatic rings. The molecule has 0 saturated carbocycles. The number of carboxylic acids is 1. The van der Waals surface area contributed by atoms with Gasteiger partial charge >= 0.3 is 57.8 Å². The predicted octanol–water partition coefficient (Wildman–Crippen LogP) is -0.196. The molecule has 1 heterocycles. The van der Waals surface area contributed by atoms with Crippen LogP contribution in [0.15, 0.2) is 21.1 Å². The van der Waals surface area contributed by atoms with Crippen molar-refractivity contribution in [1.29, 1.82) is 0 Å². The quantitative estimate of drug-likeness (QED) is 0.560. The minimum atomic E-state index is -0.988. The molecule has 3 nitrogen and oxygen atoms in total. The molecule has 2 N–H and O–H groups in total. The molecule has 4 heteroatoms. The van der Waals surface area contributed by atoms with Gasteiger partial charge in [0, 0.05) is 0 Å². The minimum absolute atomic E-state index is 0.0671. The van der Waals surface area contributed by atoms with Gasteiger partial charge in [-0.3, -0.25) is 0 Å². The van der Waals surface area contributed by atoms with Gasteiger partial charge in [0.05, 0.1) is 0 Å². The van der Waals surface area contributed by atoms with Crippen molar-refractivity contribution in [2.45, 2.75) is 0 Å². The molecule has 0 spiro atoms. The van der Waals surface area contributed by atoms with E-state index < -0.39 is 21.7 Å². The monoisotopic (exact) mass is 188 g/mol. The Morgan fingerprint density at radius 3 is 2.56 bits per heavy atom. The molecule has 1 atom stereocenters. The van der Waals surface area contributed by atoms with Crippen molar-refractivity contribution in [3.8, 4) is 0 Å². The van der Waals surface area contributed by atoms with Crippen molar-refractivity contribution in [3.05, 3.63) is 21.1 Å². The third-order valence-corrected chi connectivity index (χ3v) is 3.23. The van der Waals surface area contributed by atoms with Crippen LogP contribution in [0, 0.1) is 0 Å². The van der Waals surface area contributed by atoms with Crippen molar-refractivity contribution >= 4 is 21.7 Å². The molecule has 0 aromatic heterocycles. The molecule has 0 amide bonds. The summed E-state index contributed by atoms with van der Waals surface area (Å²) >= 11 is -0.676. The second kappa shape index (κ2) is 2.27. The van der Waals surface area contributed by atoms with E-state index in [4.69, 9.17) is 10.2 Å². The maximum absolute atomic E-state index is 10.2. The van der Waals surface area contributed by atoms with Crippen LogP contribution in [0.4, 0.5) is 0 Å². The van der Waals surface area contributed by atoms with Gasteiger partial charge in [0.2, 0.25) is 0 Å². The second-order valence-electron chi connectivity index (χ2n) is 1.54. The average molecular weight is 188 g/mol. The second-order valence-corrected chi connectivity index (χ2v) is 3.90. The number of aliphatic hydroxyl groups is 1. The summed E-state index contributed by atoms with van der Waals surface area (Å²) in [7, 11) is 0. The Kier molecular flexibility index (Phi) is 1.62. The normalized spacial score (nSPS) is 19.6. The summed E-state index contributed by atoms with van der Waals surface area (Å²) in [5, 5.41) is 17.2. The van der Waals surface area contributed by atoms with Gasteiger partial charge < -0.3 is 0 Å². The van der Waals surface area contributed by atoms with Crippen LogP contribution in [0.1, 0.15) is 0 Å². The standard InChI is InChI=1S/C5H5AsO3/c7-3-1-2-6-4(3)5(8)9/h1-2,6-7H,(H,8,9). The van der Waals surface area contributed by atoms with E-state index in [-0.39, 0.29) is 10.1 Å². The third-order valence-electron chi connectivity index (χ3n) is 0.939. The number of aliphatic hydroxyl groups excluding tert-OH is 1. The summed E-state index contributed by atoms with van der Waals surface area (Å²) in [6.45, 7) is 0. The van der Waals surface area contributed by atoms with Crippen molar-refractivity contribution in [2.24, 2.45) is 0 Å². The van der Waals surface area contributed by atoms with Gasteiger partial charge in [-0.1, -0.05) is 0 Å². The molecule has 0 bridgehead atoms. The van der Waals surface area contributed by atoms with E-state index in [0.29, 0.717) is 0 Å². The summed E-state index contributed by atoms with van der Waals surface area (Å²) in [5.41, 5.74) is 0. The van der Waals surface area contributed by atoms with Gasteiger partial charge in [0.15, 0.2) is 0 Å². The van der Waals surface area contributed by atoms with Crippen LogP contribution in [0.25, 0.3) is 0 Å². The van der Waals surface area contributed by atoms with Gasteiger partial charge in [0.25, 0.3) is 0 Å². The molecule has 48 valence electrons. The Morgan fingerprint density at radius 1 is 1.67 bits per heavy atom. The number of hydrogen-bond donors (Lipinski definition) is 2. The van der Waals surface area contributed by atoms with Crippen LogP contribution in [0.5, 0.6) is 0 Å². The summed E-state index contributed by atoms with van der Waals surface area (Å²) < 4.78 is 0.204. The molecule has 0 radical (unpaired) electrons. The Hall–Kier alpha value is -0.692. The SMILES string of the molecule is O=C(O)C1=C(O)C=C[AsH]1. The number of aliphatic carboxylic acids is 1. The van der Waals surface area contributed by atoms with Crippen molar-refractivity contribution in [2.75, 3.05) is 0 Å². The van der Waals surface area contributed by atoms with Crippen LogP contribution in [0.2, 0.25) is 0 Å². The summed E-state index contributed by atoms with van der Waals surface area (Å²) in [5.74, 6) is -1.06. The Balaban J connectivity index is 2.85. The van der Waals surface area contributed by atoms with Gasteiger partial charge in [-0.2, -0.15) is 0 Å². The van der Waals surface area contributed by atoms with Gasteiger partial charge in [-0.25, -0.2) is 0 Å². The summed E-state index contributed by atoms with van der Waals surface area (Å²) in [6.07, 6.45) is 1.45. The van der Waals surface area contributed by atoms with Crippen molar-refractivity contribution < 1.29 is 15.0 Å². The molecule has 1 aliphatic rings. The van der Waals surface area contributed by atoms with Crippen LogP contribution >= 0.6 is 0 Å². The summed E-state index contributed by atoms with van der Waals surface area (Å²) in [4.78, 5) is 11.9. The van der Waals surface area contributed by atoms with Gasteiger partial charge in [-0.15, -0.1) is 0 Å². The number of rotatable bonds is 1. The third kappa shape index (κ3) is 1.16. The number of allylic oxidation sites excluding steroid dienone is 1. The van der Waals surface area contributed by atoms with E-state index in [0.717, 1.165) is 0 Å². The van der Waals surface area contributed by atoms with Crippen molar-refractivity contribution in [1.82, 2.24) is 0 Å². The van der Waals surface area contributed by atoms with E-state index in [1.807, 2.05) is 0 Å². The van der Waals surface area contributed by atoms with E-state index >= 15 is 0 Å². The number of hydrogen-bond acceptors (Lipinski definition) is 2. The van der Waals surface area contributed by atoms with Gasteiger partial charge in [-0.05, 0) is 0 Å². The van der Waals surface area contributed by atoms with E-state index in [1.54, 1.807) is 4.86 Å². The van der Waals surface area contributed by atoms with Gasteiger partial charge in [0.1, 0.15) is 0 Å². The molecule has 1 unspecified atom stereocenters. The predicted molar refractivity (Wildman–Crippen MR) is 33.6 cm³/mol. The Morgan fingerprint density at radius 2 is 2.33 bits per heavy atom. The zero-order valence-electron chi connectivity index (χ0n) is 4.46. The molecule has 0 saturated heterocycles. The first kappa shape index (κ1) is 6.43.